The molecule has 1 heterocycles. The quantitative estimate of drug-likeness (QED) is 0.552. The third-order valence-electron chi connectivity index (χ3n) is 5.83. The van der Waals surface area contributed by atoms with Gasteiger partial charge in [0, 0.05) is 29.9 Å². The summed E-state index contributed by atoms with van der Waals surface area (Å²) in [5, 5.41) is 2.95. The van der Waals surface area contributed by atoms with E-state index in [0.717, 1.165) is 16.7 Å². The largest absolute Gasteiger partial charge is 0.447 e. The Morgan fingerprint density at radius 2 is 1.91 bits per heavy atom. The minimum absolute atomic E-state index is 0.109. The van der Waals surface area contributed by atoms with Crippen molar-refractivity contribution < 1.29 is 14.3 Å². The highest BCUT2D eigenvalue weighted by Gasteiger charge is 2.36. The average molecular weight is 461 g/mol. The zero-order chi connectivity index (χ0) is 24.8. The molecule has 0 radical (unpaired) electrons. The van der Waals surface area contributed by atoms with Crippen molar-refractivity contribution >= 4 is 23.9 Å². The monoisotopic (exact) mass is 460 g/mol. The van der Waals surface area contributed by atoms with Crippen molar-refractivity contribution in [3.63, 3.8) is 0 Å². The number of nitrogens with zero attached hydrogens (tertiary/aromatic N) is 2. The maximum absolute atomic E-state index is 13.2. The Bertz CT molecular complexity index is 1120. The molecule has 1 unspecified atom stereocenters. The highest BCUT2D eigenvalue weighted by Crippen LogP contribution is 2.32. The van der Waals surface area contributed by atoms with E-state index < -0.39 is 6.09 Å². The number of ether oxygens (including phenoxy) is 1. The zero-order valence-electron chi connectivity index (χ0n) is 20.1. The van der Waals surface area contributed by atoms with Gasteiger partial charge in [-0.25, -0.2) is 4.79 Å². The van der Waals surface area contributed by atoms with Gasteiger partial charge in [-0.1, -0.05) is 50.3 Å². The van der Waals surface area contributed by atoms with Crippen LogP contribution in [0.5, 0.6) is 0 Å². The van der Waals surface area contributed by atoms with E-state index in [0.29, 0.717) is 23.4 Å². The van der Waals surface area contributed by atoms with Gasteiger partial charge >= 0.3 is 6.09 Å². The molecule has 1 aliphatic rings. The van der Waals surface area contributed by atoms with E-state index >= 15 is 0 Å². The number of cyclic esters (lactones) is 1. The number of carbonyl (C=O) groups is 2. The highest BCUT2D eigenvalue weighted by molar-refractivity contribution is 6.00. The molecule has 2 amide bonds. The minimum atomic E-state index is -0.406. The Kier molecular flexibility index (Phi) is 7.89. The summed E-state index contributed by atoms with van der Waals surface area (Å²) in [4.78, 5) is 31.5. The molecule has 0 spiro atoms. The SMILES string of the molecule is C=C(/C=N\C=C/N)C(C)NC(=O)c1cc(-c2ccc(C)cc2)cc(N2C(=O)OC[C@@H]2C(C)C)c1. The van der Waals surface area contributed by atoms with Crippen LogP contribution in [0.15, 0.2) is 72.0 Å². The molecule has 7 nitrogen and oxygen atoms in total. The molecule has 3 rings (SSSR count). The number of aliphatic imine (C=N–C) groups is 1. The van der Waals surface area contributed by atoms with Gasteiger partial charge in [-0.15, -0.1) is 0 Å². The van der Waals surface area contributed by atoms with Crippen LogP contribution in [0.2, 0.25) is 0 Å². The fourth-order valence-electron chi connectivity index (χ4n) is 3.69. The van der Waals surface area contributed by atoms with Crippen molar-refractivity contribution in [3.8, 4) is 11.1 Å². The van der Waals surface area contributed by atoms with Crippen molar-refractivity contribution in [2.75, 3.05) is 11.5 Å². The fraction of sp³-hybridized carbons (Fsp3) is 0.296. The number of anilines is 1. The van der Waals surface area contributed by atoms with Gasteiger partial charge < -0.3 is 15.8 Å². The molecule has 1 saturated heterocycles. The average Bonchev–Trinajstić information content (AvgIpc) is 3.21. The second-order valence-corrected chi connectivity index (χ2v) is 8.78. The molecule has 1 aliphatic heterocycles. The topological polar surface area (TPSA) is 97.0 Å². The lowest BCUT2D eigenvalue weighted by Crippen LogP contribution is -2.38. The van der Waals surface area contributed by atoms with E-state index in [4.69, 9.17) is 10.5 Å². The van der Waals surface area contributed by atoms with Crippen molar-refractivity contribution in [2.24, 2.45) is 16.6 Å². The maximum atomic E-state index is 13.2. The molecule has 178 valence electrons. The molecular formula is C27H32N4O3. The van der Waals surface area contributed by atoms with Gasteiger partial charge in [0.05, 0.1) is 12.1 Å². The lowest BCUT2D eigenvalue weighted by atomic mass is 9.98. The first-order valence-electron chi connectivity index (χ1n) is 11.3. The maximum Gasteiger partial charge on any atom is 0.414 e. The summed E-state index contributed by atoms with van der Waals surface area (Å²) in [6, 6.07) is 13.1. The Morgan fingerprint density at radius 3 is 2.56 bits per heavy atom. The summed E-state index contributed by atoms with van der Waals surface area (Å²) in [5.74, 6) is -0.0859. The molecule has 2 aromatic rings. The van der Waals surface area contributed by atoms with E-state index in [9.17, 15) is 9.59 Å². The number of benzene rings is 2. The zero-order valence-corrected chi connectivity index (χ0v) is 20.1. The summed E-state index contributed by atoms with van der Waals surface area (Å²) in [5.41, 5.74) is 9.92. The Balaban J connectivity index is 1.99. The smallest absolute Gasteiger partial charge is 0.414 e. The van der Waals surface area contributed by atoms with Crippen LogP contribution in [0.3, 0.4) is 0 Å². The number of rotatable bonds is 8. The fourth-order valence-corrected chi connectivity index (χ4v) is 3.69. The van der Waals surface area contributed by atoms with Gasteiger partial charge in [-0.3, -0.25) is 14.7 Å². The first-order valence-corrected chi connectivity index (χ1v) is 11.3. The second-order valence-electron chi connectivity index (χ2n) is 8.78. The molecule has 0 aliphatic carbocycles. The number of nitrogens with two attached hydrogens (primary N) is 1. The Hall–Kier alpha value is -3.87. The lowest BCUT2D eigenvalue weighted by Gasteiger charge is -2.25. The summed E-state index contributed by atoms with van der Waals surface area (Å²) >= 11 is 0. The van der Waals surface area contributed by atoms with Gasteiger partial charge in [-0.2, -0.15) is 0 Å². The molecule has 0 saturated carbocycles. The van der Waals surface area contributed by atoms with E-state index in [2.05, 4.69) is 16.9 Å². The van der Waals surface area contributed by atoms with E-state index in [1.807, 2.05) is 64.1 Å². The van der Waals surface area contributed by atoms with Crippen molar-refractivity contribution in [3.05, 3.63) is 78.1 Å². The number of amides is 2. The van der Waals surface area contributed by atoms with Crippen LogP contribution < -0.4 is 16.0 Å². The van der Waals surface area contributed by atoms with Gasteiger partial charge in [0.15, 0.2) is 0 Å². The molecule has 2 atom stereocenters. The predicted molar refractivity (Wildman–Crippen MR) is 137 cm³/mol. The van der Waals surface area contributed by atoms with Gasteiger partial charge in [0.2, 0.25) is 0 Å². The van der Waals surface area contributed by atoms with Crippen LogP contribution in [0.25, 0.3) is 11.1 Å². The Labute approximate surface area is 201 Å². The summed E-state index contributed by atoms with van der Waals surface area (Å²) in [6.45, 7) is 12.2. The molecular weight excluding hydrogens is 428 g/mol. The molecule has 0 bridgehead atoms. The van der Waals surface area contributed by atoms with E-state index in [1.54, 1.807) is 17.2 Å². The molecule has 2 aromatic carbocycles. The van der Waals surface area contributed by atoms with Crippen LogP contribution in [-0.4, -0.2) is 36.9 Å². The number of hydrogen-bond acceptors (Lipinski definition) is 5. The minimum Gasteiger partial charge on any atom is -0.447 e. The standard InChI is InChI=1S/C27H32N4O3/c1-17(2)25-16-34-27(33)31(25)24-13-22(21-8-6-18(3)7-9-21)12-23(14-24)26(32)30-20(5)19(4)15-29-11-10-28/h6-15,17,20,25H,4,16,28H2,1-3,5H3,(H,30,32)/b11-10-,29-15-/t20?,25-/m1/s1. The first kappa shape index (κ1) is 24.8. The number of carbonyl (C=O) groups excluding carboxylic acids is 2. The van der Waals surface area contributed by atoms with Crippen LogP contribution in [-0.2, 0) is 4.74 Å². The molecule has 1 fully saturated rings. The first-order chi connectivity index (χ1) is 16.2. The van der Waals surface area contributed by atoms with Crippen molar-refractivity contribution in [1.82, 2.24) is 5.32 Å². The number of nitrogens with one attached hydrogen (secondary N) is 1. The lowest BCUT2D eigenvalue weighted by molar-refractivity contribution is 0.0946. The van der Waals surface area contributed by atoms with Crippen LogP contribution in [0.1, 0.15) is 36.7 Å². The summed E-state index contributed by atoms with van der Waals surface area (Å²) in [7, 11) is 0. The van der Waals surface area contributed by atoms with Crippen LogP contribution >= 0.6 is 0 Å². The number of aryl methyl sites for hydroxylation is 1. The third kappa shape index (κ3) is 5.73. The van der Waals surface area contributed by atoms with Crippen LogP contribution in [0, 0.1) is 12.8 Å². The normalized spacial score (nSPS) is 16.9. The molecule has 0 aromatic heterocycles. The molecule has 3 N–H and O–H groups in total. The van der Waals surface area contributed by atoms with Gasteiger partial charge in [0.25, 0.3) is 5.91 Å². The molecule has 34 heavy (non-hydrogen) atoms. The highest BCUT2D eigenvalue weighted by atomic mass is 16.6. The van der Waals surface area contributed by atoms with Crippen molar-refractivity contribution in [2.45, 2.75) is 39.8 Å². The number of hydrogen-bond donors (Lipinski definition) is 2. The Morgan fingerprint density at radius 1 is 1.21 bits per heavy atom. The predicted octanol–water partition coefficient (Wildman–Crippen LogP) is 4.82. The van der Waals surface area contributed by atoms with E-state index in [-0.39, 0.29) is 23.9 Å². The molecule has 7 heteroatoms. The second kappa shape index (κ2) is 10.8. The third-order valence-corrected chi connectivity index (χ3v) is 5.83. The van der Waals surface area contributed by atoms with E-state index in [1.165, 1.54) is 12.4 Å². The van der Waals surface area contributed by atoms with Gasteiger partial charge in [0.1, 0.15) is 6.61 Å². The van der Waals surface area contributed by atoms with Gasteiger partial charge in [-0.05, 0) is 54.7 Å². The summed E-state index contributed by atoms with van der Waals surface area (Å²) in [6.07, 6.45) is 3.91. The van der Waals surface area contributed by atoms with Crippen LogP contribution in [0.4, 0.5) is 10.5 Å². The summed E-state index contributed by atoms with van der Waals surface area (Å²) < 4.78 is 5.34. The van der Waals surface area contributed by atoms with Crippen molar-refractivity contribution in [1.29, 1.82) is 0 Å².